The Hall–Kier alpha value is -2.54. The molecule has 1 saturated heterocycles. The van der Waals surface area contributed by atoms with Crippen LogP contribution >= 0.6 is 15.9 Å². The molecule has 0 saturated carbocycles. The van der Waals surface area contributed by atoms with Gasteiger partial charge in [-0.2, -0.15) is 0 Å². The number of hydrogen-bond acceptors (Lipinski definition) is 4. The Balaban J connectivity index is 1.66. The number of piperazine rings is 1. The third-order valence-corrected chi connectivity index (χ3v) is 6.03. The summed E-state index contributed by atoms with van der Waals surface area (Å²) in [6, 6.07) is 11.2. The van der Waals surface area contributed by atoms with Gasteiger partial charge < -0.3 is 19.3 Å². The second-order valence-corrected chi connectivity index (χ2v) is 8.64. The highest BCUT2D eigenvalue weighted by Gasteiger charge is 2.26. The van der Waals surface area contributed by atoms with Gasteiger partial charge in [-0.05, 0) is 58.6 Å². The van der Waals surface area contributed by atoms with Crippen LogP contribution < -0.4 is 9.47 Å². The fourth-order valence-electron chi connectivity index (χ4n) is 3.62. The van der Waals surface area contributed by atoms with Crippen molar-refractivity contribution in [3.05, 3.63) is 57.6 Å². The SMILES string of the molecule is CCOc1c(Br)cc(C(=O)N2CCN(C(=O)c3ccc(C(C)C)cc3)CC2)cc1OC. The van der Waals surface area contributed by atoms with Crippen LogP contribution in [-0.4, -0.2) is 61.5 Å². The second kappa shape index (κ2) is 10.2. The summed E-state index contributed by atoms with van der Waals surface area (Å²) in [5.74, 6) is 1.45. The molecule has 7 heteroatoms. The first kappa shape index (κ1) is 23.1. The van der Waals surface area contributed by atoms with Crippen molar-refractivity contribution in [3.63, 3.8) is 0 Å². The summed E-state index contributed by atoms with van der Waals surface area (Å²) in [5, 5.41) is 0. The monoisotopic (exact) mass is 488 g/mol. The van der Waals surface area contributed by atoms with Gasteiger partial charge in [-0.3, -0.25) is 9.59 Å². The summed E-state index contributed by atoms with van der Waals surface area (Å²) < 4.78 is 11.7. The lowest BCUT2D eigenvalue weighted by Gasteiger charge is -2.35. The van der Waals surface area contributed by atoms with Gasteiger partial charge in [0.1, 0.15) is 0 Å². The summed E-state index contributed by atoms with van der Waals surface area (Å²) in [4.78, 5) is 29.5. The number of rotatable bonds is 6. The molecule has 166 valence electrons. The molecule has 2 amide bonds. The van der Waals surface area contributed by atoms with Gasteiger partial charge in [-0.15, -0.1) is 0 Å². The van der Waals surface area contributed by atoms with Crippen molar-refractivity contribution >= 4 is 27.7 Å². The number of nitrogens with zero attached hydrogens (tertiary/aromatic N) is 2. The molecule has 31 heavy (non-hydrogen) atoms. The zero-order valence-corrected chi connectivity index (χ0v) is 20.1. The first-order valence-electron chi connectivity index (χ1n) is 10.5. The summed E-state index contributed by atoms with van der Waals surface area (Å²) in [7, 11) is 1.55. The van der Waals surface area contributed by atoms with E-state index < -0.39 is 0 Å². The minimum atomic E-state index is -0.0876. The van der Waals surface area contributed by atoms with Crippen molar-refractivity contribution < 1.29 is 19.1 Å². The Bertz CT molecular complexity index is 935. The summed E-state index contributed by atoms with van der Waals surface area (Å²) >= 11 is 3.47. The van der Waals surface area contributed by atoms with E-state index in [1.54, 1.807) is 24.1 Å². The summed E-state index contributed by atoms with van der Waals surface area (Å²) in [6.45, 7) is 8.64. The average molecular weight is 489 g/mol. The number of benzene rings is 2. The highest BCUT2D eigenvalue weighted by molar-refractivity contribution is 9.10. The third-order valence-electron chi connectivity index (χ3n) is 5.44. The van der Waals surface area contributed by atoms with Gasteiger partial charge in [0.25, 0.3) is 11.8 Å². The molecule has 0 spiro atoms. The molecule has 0 radical (unpaired) electrons. The van der Waals surface area contributed by atoms with E-state index in [9.17, 15) is 9.59 Å². The maximum absolute atomic E-state index is 13.0. The number of carbonyl (C=O) groups excluding carboxylic acids is 2. The Kier molecular flexibility index (Phi) is 7.59. The smallest absolute Gasteiger partial charge is 0.254 e. The van der Waals surface area contributed by atoms with E-state index in [0.717, 1.165) is 0 Å². The van der Waals surface area contributed by atoms with Crippen LogP contribution in [0, 0.1) is 0 Å². The van der Waals surface area contributed by atoms with E-state index >= 15 is 0 Å². The lowest BCUT2D eigenvalue weighted by Crippen LogP contribution is -2.50. The molecule has 0 aliphatic carbocycles. The predicted molar refractivity (Wildman–Crippen MR) is 124 cm³/mol. The molecule has 2 aromatic rings. The minimum absolute atomic E-state index is 0.00730. The van der Waals surface area contributed by atoms with Crippen molar-refractivity contribution in [2.75, 3.05) is 39.9 Å². The van der Waals surface area contributed by atoms with Gasteiger partial charge in [-0.1, -0.05) is 26.0 Å². The molecule has 0 atom stereocenters. The van der Waals surface area contributed by atoms with Crippen LogP contribution in [0.4, 0.5) is 0 Å². The maximum Gasteiger partial charge on any atom is 0.254 e. The van der Waals surface area contributed by atoms with E-state index in [2.05, 4.69) is 29.8 Å². The maximum atomic E-state index is 13.0. The van der Waals surface area contributed by atoms with Crippen LogP contribution in [0.5, 0.6) is 11.5 Å². The topological polar surface area (TPSA) is 59.1 Å². The Morgan fingerprint density at radius 2 is 1.52 bits per heavy atom. The molecular formula is C24H29BrN2O4. The van der Waals surface area contributed by atoms with Crippen LogP contribution in [-0.2, 0) is 0 Å². The number of carbonyl (C=O) groups is 2. The molecule has 6 nitrogen and oxygen atoms in total. The van der Waals surface area contributed by atoms with Gasteiger partial charge in [0.15, 0.2) is 11.5 Å². The van der Waals surface area contributed by atoms with Gasteiger partial charge in [-0.25, -0.2) is 0 Å². The molecule has 0 aromatic heterocycles. The number of hydrogen-bond donors (Lipinski definition) is 0. The lowest BCUT2D eigenvalue weighted by atomic mass is 10.0. The summed E-state index contributed by atoms with van der Waals surface area (Å²) in [5.41, 5.74) is 2.42. The fourth-order valence-corrected chi connectivity index (χ4v) is 4.17. The quantitative estimate of drug-likeness (QED) is 0.596. The molecule has 0 unspecified atom stereocenters. The molecule has 2 aromatic carbocycles. The molecule has 0 N–H and O–H groups in total. The van der Waals surface area contributed by atoms with Crippen molar-refractivity contribution in [1.82, 2.24) is 9.80 Å². The normalized spacial score (nSPS) is 14.0. The first-order valence-corrected chi connectivity index (χ1v) is 11.3. The second-order valence-electron chi connectivity index (χ2n) is 7.78. The Morgan fingerprint density at radius 3 is 2.00 bits per heavy atom. The van der Waals surface area contributed by atoms with Crippen LogP contribution in [0.25, 0.3) is 0 Å². The zero-order chi connectivity index (χ0) is 22.5. The molecule has 1 aliphatic rings. The van der Waals surface area contributed by atoms with Crippen molar-refractivity contribution in [1.29, 1.82) is 0 Å². The van der Waals surface area contributed by atoms with Gasteiger partial charge in [0.2, 0.25) is 0 Å². The standard InChI is InChI=1S/C24H29BrN2O4/c1-5-31-22-20(25)14-19(15-21(22)30-4)24(29)27-12-10-26(11-13-27)23(28)18-8-6-17(7-9-18)16(2)3/h6-9,14-16H,5,10-13H2,1-4H3. The van der Waals surface area contributed by atoms with Crippen LogP contribution in [0.2, 0.25) is 0 Å². The largest absolute Gasteiger partial charge is 0.493 e. The molecule has 3 rings (SSSR count). The molecule has 1 fully saturated rings. The minimum Gasteiger partial charge on any atom is -0.493 e. The van der Waals surface area contributed by atoms with E-state index in [1.165, 1.54) is 5.56 Å². The van der Waals surface area contributed by atoms with E-state index in [1.807, 2.05) is 36.1 Å². The van der Waals surface area contributed by atoms with E-state index in [4.69, 9.17) is 9.47 Å². The lowest BCUT2D eigenvalue weighted by molar-refractivity contribution is 0.0535. The van der Waals surface area contributed by atoms with Gasteiger partial charge in [0.05, 0.1) is 18.2 Å². The Labute approximate surface area is 192 Å². The number of ether oxygens (including phenoxy) is 2. The molecule has 1 heterocycles. The molecular weight excluding hydrogens is 460 g/mol. The van der Waals surface area contributed by atoms with Crippen LogP contribution in [0.1, 0.15) is 53.0 Å². The average Bonchev–Trinajstić information content (AvgIpc) is 2.79. The van der Waals surface area contributed by atoms with Gasteiger partial charge >= 0.3 is 0 Å². The van der Waals surface area contributed by atoms with E-state index in [0.29, 0.717) is 65.8 Å². The summed E-state index contributed by atoms with van der Waals surface area (Å²) in [6.07, 6.45) is 0. The van der Waals surface area contributed by atoms with Gasteiger partial charge in [0, 0.05) is 37.3 Å². The highest BCUT2D eigenvalue weighted by atomic mass is 79.9. The Morgan fingerprint density at radius 1 is 0.968 bits per heavy atom. The molecule has 0 bridgehead atoms. The fraction of sp³-hybridized carbons (Fsp3) is 0.417. The van der Waals surface area contributed by atoms with Crippen molar-refractivity contribution in [2.24, 2.45) is 0 Å². The number of methoxy groups -OCH3 is 1. The zero-order valence-electron chi connectivity index (χ0n) is 18.5. The van der Waals surface area contributed by atoms with Crippen LogP contribution in [0.15, 0.2) is 40.9 Å². The van der Waals surface area contributed by atoms with Crippen molar-refractivity contribution in [2.45, 2.75) is 26.7 Å². The first-order chi connectivity index (χ1) is 14.8. The number of halogens is 1. The third kappa shape index (κ3) is 5.21. The highest BCUT2D eigenvalue weighted by Crippen LogP contribution is 2.37. The van der Waals surface area contributed by atoms with E-state index in [-0.39, 0.29) is 11.8 Å². The van der Waals surface area contributed by atoms with Crippen LogP contribution in [0.3, 0.4) is 0 Å². The predicted octanol–water partition coefficient (Wildman–Crippen LogP) is 4.58. The number of amides is 2. The van der Waals surface area contributed by atoms with Crippen molar-refractivity contribution in [3.8, 4) is 11.5 Å². The molecule has 1 aliphatic heterocycles.